The van der Waals surface area contributed by atoms with E-state index in [0.29, 0.717) is 16.9 Å². The maximum Gasteiger partial charge on any atom is 0.270 e. The van der Waals surface area contributed by atoms with Gasteiger partial charge in [0, 0.05) is 36.7 Å². The Morgan fingerprint density at radius 1 is 1.26 bits per heavy atom. The Labute approximate surface area is 178 Å². The predicted molar refractivity (Wildman–Crippen MR) is 113 cm³/mol. The lowest BCUT2D eigenvalue weighted by molar-refractivity contribution is -0.385. The molecule has 0 aliphatic rings. The maximum atomic E-state index is 12.5. The topological polar surface area (TPSA) is 149 Å². The second-order valence-corrected chi connectivity index (χ2v) is 8.89. The van der Waals surface area contributed by atoms with Crippen LogP contribution < -0.4 is 10.0 Å². The summed E-state index contributed by atoms with van der Waals surface area (Å²) < 4.78 is 28.7. The average molecular weight is 446 g/mol. The van der Waals surface area contributed by atoms with Gasteiger partial charge in [0.05, 0.1) is 27.3 Å². The first-order chi connectivity index (χ1) is 14.6. The van der Waals surface area contributed by atoms with Crippen LogP contribution in [0.2, 0.25) is 0 Å². The first kappa shape index (κ1) is 22.3. The number of carbonyl (C=O) groups is 1. The number of carbonyl (C=O) groups excluding carboxylic acids is 1. The van der Waals surface area contributed by atoms with Crippen LogP contribution in [0.1, 0.15) is 35.9 Å². The molecule has 11 nitrogen and oxygen atoms in total. The number of nitrogens with zero attached hydrogens (tertiary/aromatic N) is 4. The Morgan fingerprint density at radius 2 is 2.00 bits per heavy atom. The summed E-state index contributed by atoms with van der Waals surface area (Å²) in [5, 5.41) is 18.5. The third-order valence-electron chi connectivity index (χ3n) is 4.53. The number of hydrogen-bond acceptors (Lipinski definition) is 7. The molecule has 0 aliphatic carbocycles. The summed E-state index contributed by atoms with van der Waals surface area (Å²) in [4.78, 5) is 26.9. The van der Waals surface area contributed by atoms with Crippen molar-refractivity contribution < 1.29 is 18.1 Å². The van der Waals surface area contributed by atoms with Gasteiger partial charge in [-0.05, 0) is 32.9 Å². The van der Waals surface area contributed by atoms with Crippen molar-refractivity contribution in [2.24, 2.45) is 0 Å². The molecule has 1 amide bonds. The maximum absolute atomic E-state index is 12.5. The molecule has 164 valence electrons. The van der Waals surface area contributed by atoms with Gasteiger partial charge in [-0.3, -0.25) is 14.9 Å². The Balaban J connectivity index is 1.63. The predicted octanol–water partition coefficient (Wildman–Crippen LogP) is 1.94. The molecule has 31 heavy (non-hydrogen) atoms. The van der Waals surface area contributed by atoms with Crippen LogP contribution in [0.5, 0.6) is 0 Å². The van der Waals surface area contributed by atoms with Crippen LogP contribution in [0.3, 0.4) is 0 Å². The largest absolute Gasteiger partial charge is 0.351 e. The van der Waals surface area contributed by atoms with E-state index in [4.69, 9.17) is 0 Å². The highest BCUT2D eigenvalue weighted by Crippen LogP contribution is 2.19. The van der Waals surface area contributed by atoms with Gasteiger partial charge in [-0.1, -0.05) is 6.07 Å². The first-order valence-corrected chi connectivity index (χ1v) is 11.0. The van der Waals surface area contributed by atoms with Crippen LogP contribution in [0, 0.1) is 17.0 Å². The Bertz CT molecular complexity index is 1250. The SMILES string of the molecule is Cc1nc2c(cnn2C(C)C)cc1C(=O)NCCNS(=O)(=O)c1cccc([N+](=O)[O-])c1. The van der Waals surface area contributed by atoms with Crippen molar-refractivity contribution in [1.29, 1.82) is 0 Å². The number of nitrogens with one attached hydrogen (secondary N) is 2. The van der Waals surface area contributed by atoms with Crippen LogP contribution in [0.25, 0.3) is 11.0 Å². The van der Waals surface area contributed by atoms with Crippen molar-refractivity contribution in [1.82, 2.24) is 24.8 Å². The molecule has 0 spiro atoms. The molecule has 2 N–H and O–H groups in total. The number of benzene rings is 1. The minimum atomic E-state index is -3.95. The van der Waals surface area contributed by atoms with Gasteiger partial charge >= 0.3 is 0 Å². The average Bonchev–Trinajstić information content (AvgIpc) is 3.13. The lowest BCUT2D eigenvalue weighted by Gasteiger charge is -2.10. The van der Waals surface area contributed by atoms with Crippen LogP contribution in [-0.4, -0.2) is 47.1 Å². The molecule has 1 aromatic carbocycles. The summed E-state index contributed by atoms with van der Waals surface area (Å²) in [5.41, 5.74) is 1.27. The molecule has 2 aromatic heterocycles. The van der Waals surface area contributed by atoms with E-state index < -0.39 is 20.9 Å². The summed E-state index contributed by atoms with van der Waals surface area (Å²) in [6.45, 7) is 5.63. The molecule has 0 radical (unpaired) electrons. The lowest BCUT2D eigenvalue weighted by atomic mass is 10.1. The second kappa shape index (κ2) is 8.78. The molecular formula is C19H22N6O5S. The van der Waals surface area contributed by atoms with Gasteiger partial charge in [0.25, 0.3) is 11.6 Å². The van der Waals surface area contributed by atoms with E-state index in [1.54, 1.807) is 23.9 Å². The van der Waals surface area contributed by atoms with E-state index in [1.807, 2.05) is 13.8 Å². The standard InChI is InChI=1S/C19H22N6O5S/c1-12(2)24-18-14(11-21-24)9-17(13(3)23-18)19(26)20-7-8-22-31(29,30)16-6-4-5-15(10-16)25(27)28/h4-6,9-12,22H,7-8H2,1-3H3,(H,20,26). The number of rotatable bonds is 8. The highest BCUT2D eigenvalue weighted by atomic mass is 32.2. The van der Waals surface area contributed by atoms with Gasteiger partial charge in [0.15, 0.2) is 5.65 Å². The summed E-state index contributed by atoms with van der Waals surface area (Å²) in [6, 6.07) is 6.56. The number of amides is 1. The third-order valence-corrected chi connectivity index (χ3v) is 5.99. The number of fused-ring (bicyclic) bond motifs is 1. The van der Waals surface area contributed by atoms with E-state index >= 15 is 0 Å². The Morgan fingerprint density at radius 3 is 2.68 bits per heavy atom. The van der Waals surface area contributed by atoms with Gasteiger partial charge in [-0.2, -0.15) is 5.10 Å². The number of nitro groups is 1. The molecule has 0 atom stereocenters. The molecule has 0 saturated heterocycles. The van der Waals surface area contributed by atoms with Crippen molar-refractivity contribution in [2.75, 3.05) is 13.1 Å². The number of aromatic nitrogens is 3. The fourth-order valence-corrected chi connectivity index (χ4v) is 4.05. The van der Waals surface area contributed by atoms with Crippen molar-refractivity contribution in [3.05, 3.63) is 57.9 Å². The van der Waals surface area contributed by atoms with Gasteiger partial charge in [0.2, 0.25) is 10.0 Å². The van der Waals surface area contributed by atoms with Gasteiger partial charge in [0.1, 0.15) is 0 Å². The highest BCUT2D eigenvalue weighted by molar-refractivity contribution is 7.89. The summed E-state index contributed by atoms with van der Waals surface area (Å²) in [7, 11) is -3.95. The number of aryl methyl sites for hydroxylation is 1. The van der Waals surface area contributed by atoms with Gasteiger partial charge < -0.3 is 5.32 Å². The van der Waals surface area contributed by atoms with E-state index in [9.17, 15) is 23.3 Å². The summed E-state index contributed by atoms with van der Waals surface area (Å²) >= 11 is 0. The molecule has 0 fully saturated rings. The van der Waals surface area contributed by atoms with Crippen LogP contribution in [0.4, 0.5) is 5.69 Å². The zero-order chi connectivity index (χ0) is 22.8. The second-order valence-electron chi connectivity index (χ2n) is 7.13. The van der Waals surface area contributed by atoms with E-state index in [-0.39, 0.29) is 29.7 Å². The number of pyridine rings is 1. The zero-order valence-electron chi connectivity index (χ0n) is 17.2. The van der Waals surface area contributed by atoms with Crippen molar-refractivity contribution >= 4 is 32.7 Å². The van der Waals surface area contributed by atoms with E-state index in [0.717, 1.165) is 11.5 Å². The fraction of sp³-hybridized carbons (Fsp3) is 0.316. The van der Waals surface area contributed by atoms with Gasteiger partial charge in [-0.25, -0.2) is 22.8 Å². The smallest absolute Gasteiger partial charge is 0.270 e. The molecule has 0 saturated carbocycles. The molecule has 0 aliphatic heterocycles. The van der Waals surface area contributed by atoms with Crippen LogP contribution >= 0.6 is 0 Å². The minimum absolute atomic E-state index is 0.0235. The Kier molecular flexibility index (Phi) is 6.32. The van der Waals surface area contributed by atoms with Crippen molar-refractivity contribution in [3.8, 4) is 0 Å². The molecule has 2 heterocycles. The fourth-order valence-electron chi connectivity index (χ4n) is 2.98. The zero-order valence-corrected chi connectivity index (χ0v) is 18.0. The monoisotopic (exact) mass is 446 g/mol. The number of non-ortho nitro benzene ring substituents is 1. The number of sulfonamides is 1. The summed E-state index contributed by atoms with van der Waals surface area (Å²) in [5.74, 6) is -0.390. The molecule has 3 aromatic rings. The summed E-state index contributed by atoms with van der Waals surface area (Å²) in [6.07, 6.45) is 1.64. The normalized spacial score (nSPS) is 11.7. The van der Waals surface area contributed by atoms with Crippen molar-refractivity contribution in [2.45, 2.75) is 31.7 Å². The molecule has 12 heteroatoms. The molecular weight excluding hydrogens is 424 g/mol. The number of nitro benzene ring substituents is 1. The lowest BCUT2D eigenvalue weighted by Crippen LogP contribution is -2.35. The minimum Gasteiger partial charge on any atom is -0.351 e. The molecule has 0 unspecified atom stereocenters. The van der Waals surface area contributed by atoms with Crippen LogP contribution in [0.15, 0.2) is 41.4 Å². The quantitative estimate of drug-likeness (QED) is 0.305. The van der Waals surface area contributed by atoms with Gasteiger partial charge in [-0.15, -0.1) is 0 Å². The van der Waals surface area contributed by atoms with Crippen LogP contribution in [-0.2, 0) is 10.0 Å². The third kappa shape index (κ3) is 4.86. The Hall–Kier alpha value is -3.38. The van der Waals surface area contributed by atoms with E-state index in [1.165, 1.54) is 18.2 Å². The molecule has 0 bridgehead atoms. The first-order valence-electron chi connectivity index (χ1n) is 9.47. The number of hydrogen-bond donors (Lipinski definition) is 2. The van der Waals surface area contributed by atoms with E-state index in [2.05, 4.69) is 20.1 Å². The van der Waals surface area contributed by atoms with Crippen molar-refractivity contribution in [3.63, 3.8) is 0 Å². The highest BCUT2D eigenvalue weighted by Gasteiger charge is 2.18. The molecule has 3 rings (SSSR count).